The Bertz CT molecular complexity index is 882. The minimum absolute atomic E-state index is 0.125. The number of aryl methyl sites for hydroxylation is 1. The molecule has 0 unspecified atom stereocenters. The fourth-order valence-electron chi connectivity index (χ4n) is 3.68. The highest BCUT2D eigenvalue weighted by molar-refractivity contribution is 7.10. The SMILES string of the molecule is Cn1nc(-c2cnccn2)cc1CNC(=O)C1(c2cccs2)CCCC1. The molecule has 1 amide bonds. The Morgan fingerprint density at radius 3 is 2.85 bits per heavy atom. The third-order valence-corrected chi connectivity index (χ3v) is 6.19. The number of hydrogen-bond acceptors (Lipinski definition) is 5. The van der Waals surface area contributed by atoms with Crippen molar-refractivity contribution in [1.82, 2.24) is 25.1 Å². The molecule has 7 heteroatoms. The lowest BCUT2D eigenvalue weighted by Crippen LogP contribution is -2.42. The van der Waals surface area contributed by atoms with Crippen molar-refractivity contribution in [3.8, 4) is 11.4 Å². The van der Waals surface area contributed by atoms with Gasteiger partial charge >= 0.3 is 0 Å². The highest BCUT2D eigenvalue weighted by Gasteiger charge is 2.43. The van der Waals surface area contributed by atoms with Crippen LogP contribution in [0, 0.1) is 0 Å². The van der Waals surface area contributed by atoms with E-state index in [0.717, 1.165) is 42.8 Å². The third kappa shape index (κ3) is 3.03. The van der Waals surface area contributed by atoms with Gasteiger partial charge in [0.1, 0.15) is 11.4 Å². The minimum Gasteiger partial charge on any atom is -0.350 e. The van der Waals surface area contributed by atoms with Crippen LogP contribution in [0.4, 0.5) is 0 Å². The van der Waals surface area contributed by atoms with Crippen LogP contribution in [0.3, 0.4) is 0 Å². The highest BCUT2D eigenvalue weighted by Crippen LogP contribution is 2.43. The second-order valence-electron chi connectivity index (χ2n) is 6.68. The molecule has 0 spiro atoms. The average molecular weight is 367 g/mol. The van der Waals surface area contributed by atoms with Gasteiger partial charge in [0.15, 0.2) is 0 Å². The van der Waals surface area contributed by atoms with Gasteiger partial charge in [-0.15, -0.1) is 11.3 Å². The third-order valence-electron chi connectivity index (χ3n) is 5.12. The number of nitrogens with zero attached hydrogens (tertiary/aromatic N) is 4. The molecule has 0 bridgehead atoms. The van der Waals surface area contributed by atoms with Crippen molar-refractivity contribution in [1.29, 1.82) is 0 Å². The number of amides is 1. The topological polar surface area (TPSA) is 72.7 Å². The summed E-state index contributed by atoms with van der Waals surface area (Å²) in [5.41, 5.74) is 2.07. The van der Waals surface area contributed by atoms with Gasteiger partial charge in [-0.25, -0.2) is 0 Å². The summed E-state index contributed by atoms with van der Waals surface area (Å²) in [6.45, 7) is 0.454. The molecule has 0 aromatic carbocycles. The summed E-state index contributed by atoms with van der Waals surface area (Å²) >= 11 is 1.68. The Balaban J connectivity index is 1.50. The maximum Gasteiger partial charge on any atom is 0.231 e. The van der Waals surface area contributed by atoms with Gasteiger partial charge in [0.05, 0.1) is 23.9 Å². The lowest BCUT2D eigenvalue weighted by molar-refractivity contribution is -0.126. The summed E-state index contributed by atoms with van der Waals surface area (Å²) in [6.07, 6.45) is 9.04. The number of hydrogen-bond donors (Lipinski definition) is 1. The van der Waals surface area contributed by atoms with Gasteiger partial charge in [0.2, 0.25) is 5.91 Å². The fraction of sp³-hybridized carbons (Fsp3) is 0.368. The second kappa shape index (κ2) is 6.99. The summed E-state index contributed by atoms with van der Waals surface area (Å²) in [5.74, 6) is 0.125. The van der Waals surface area contributed by atoms with Crippen LogP contribution in [-0.2, 0) is 23.8 Å². The van der Waals surface area contributed by atoms with E-state index >= 15 is 0 Å². The molecule has 1 aliphatic carbocycles. The maximum atomic E-state index is 13.1. The van der Waals surface area contributed by atoms with E-state index in [1.807, 2.05) is 19.2 Å². The van der Waals surface area contributed by atoms with Gasteiger partial charge in [-0.3, -0.25) is 19.4 Å². The average Bonchev–Trinajstić information content (AvgIpc) is 3.41. The predicted octanol–water partition coefficient (Wildman–Crippen LogP) is 3.07. The minimum atomic E-state index is -0.361. The molecule has 1 N–H and O–H groups in total. The molecule has 1 fully saturated rings. The van der Waals surface area contributed by atoms with Crippen molar-refractivity contribution in [2.75, 3.05) is 0 Å². The zero-order valence-corrected chi connectivity index (χ0v) is 15.5. The molecule has 6 nitrogen and oxygen atoms in total. The zero-order chi connectivity index (χ0) is 18.0. The Labute approximate surface area is 156 Å². The first kappa shape index (κ1) is 16.9. The summed E-state index contributed by atoms with van der Waals surface area (Å²) in [7, 11) is 1.88. The molecule has 4 rings (SSSR count). The first-order valence-electron chi connectivity index (χ1n) is 8.81. The van der Waals surface area contributed by atoms with Crippen LogP contribution in [0.25, 0.3) is 11.4 Å². The number of carbonyl (C=O) groups is 1. The lowest BCUT2D eigenvalue weighted by Gasteiger charge is -2.26. The van der Waals surface area contributed by atoms with E-state index < -0.39 is 0 Å². The van der Waals surface area contributed by atoms with Crippen molar-refractivity contribution >= 4 is 17.2 Å². The van der Waals surface area contributed by atoms with Crippen LogP contribution in [-0.4, -0.2) is 25.7 Å². The van der Waals surface area contributed by atoms with E-state index in [-0.39, 0.29) is 11.3 Å². The molecule has 0 saturated heterocycles. The van der Waals surface area contributed by atoms with Crippen LogP contribution >= 0.6 is 11.3 Å². The molecular formula is C19H21N5OS. The zero-order valence-electron chi connectivity index (χ0n) is 14.7. The van der Waals surface area contributed by atoms with Crippen molar-refractivity contribution in [2.45, 2.75) is 37.6 Å². The van der Waals surface area contributed by atoms with Crippen LogP contribution in [0.15, 0.2) is 42.2 Å². The molecule has 3 heterocycles. The first-order valence-corrected chi connectivity index (χ1v) is 9.69. The standard InChI is InChI=1S/C19H21N5OS/c1-24-14(11-15(23-24)16-13-20-8-9-21-16)12-22-18(25)19(6-2-3-7-19)17-5-4-10-26-17/h4-5,8-11,13H,2-3,6-7,12H2,1H3,(H,22,25). The van der Waals surface area contributed by atoms with E-state index in [1.165, 1.54) is 4.88 Å². The predicted molar refractivity (Wildman–Crippen MR) is 101 cm³/mol. The number of rotatable bonds is 5. The van der Waals surface area contributed by atoms with Crippen molar-refractivity contribution in [2.24, 2.45) is 7.05 Å². The van der Waals surface area contributed by atoms with Gasteiger partial charge in [0, 0.05) is 24.3 Å². The molecule has 0 atom stereocenters. The molecule has 0 radical (unpaired) electrons. The highest BCUT2D eigenvalue weighted by atomic mass is 32.1. The Morgan fingerprint density at radius 2 is 2.15 bits per heavy atom. The Hall–Kier alpha value is -2.54. The van der Waals surface area contributed by atoms with E-state index in [9.17, 15) is 4.79 Å². The largest absolute Gasteiger partial charge is 0.350 e. The van der Waals surface area contributed by atoms with E-state index in [2.05, 4.69) is 31.8 Å². The second-order valence-corrected chi connectivity index (χ2v) is 7.63. The fourth-order valence-corrected chi connectivity index (χ4v) is 4.67. The molecule has 3 aromatic heterocycles. The monoisotopic (exact) mass is 367 g/mol. The molecule has 134 valence electrons. The number of nitrogens with one attached hydrogen (secondary N) is 1. The molecular weight excluding hydrogens is 346 g/mol. The summed E-state index contributed by atoms with van der Waals surface area (Å²) in [5, 5.41) is 9.69. The smallest absolute Gasteiger partial charge is 0.231 e. The van der Waals surface area contributed by atoms with Crippen molar-refractivity contribution in [3.05, 3.63) is 52.7 Å². The summed E-state index contributed by atoms with van der Waals surface area (Å²) in [4.78, 5) is 22.6. The van der Waals surface area contributed by atoms with Gasteiger partial charge in [-0.1, -0.05) is 18.9 Å². The maximum absolute atomic E-state index is 13.1. The number of carbonyl (C=O) groups excluding carboxylic acids is 1. The number of aromatic nitrogens is 4. The van der Waals surface area contributed by atoms with E-state index in [0.29, 0.717) is 6.54 Å². The van der Waals surface area contributed by atoms with Gasteiger partial charge < -0.3 is 5.32 Å². The van der Waals surface area contributed by atoms with Gasteiger partial charge in [-0.05, 0) is 30.4 Å². The normalized spacial score (nSPS) is 15.9. The summed E-state index contributed by atoms with van der Waals surface area (Å²) in [6, 6.07) is 6.07. The van der Waals surface area contributed by atoms with Crippen molar-refractivity contribution in [3.63, 3.8) is 0 Å². The lowest BCUT2D eigenvalue weighted by atomic mass is 9.83. The molecule has 3 aromatic rings. The van der Waals surface area contributed by atoms with Gasteiger partial charge in [0.25, 0.3) is 0 Å². The Morgan fingerprint density at radius 1 is 1.31 bits per heavy atom. The van der Waals surface area contributed by atoms with Crippen LogP contribution in [0.5, 0.6) is 0 Å². The molecule has 0 aliphatic heterocycles. The molecule has 1 saturated carbocycles. The van der Waals surface area contributed by atoms with Crippen molar-refractivity contribution < 1.29 is 4.79 Å². The number of thiophene rings is 1. The van der Waals surface area contributed by atoms with Crippen LogP contribution in [0.2, 0.25) is 0 Å². The Kier molecular flexibility index (Phi) is 4.55. The first-order chi connectivity index (χ1) is 12.7. The van der Waals surface area contributed by atoms with Crippen LogP contribution < -0.4 is 5.32 Å². The summed E-state index contributed by atoms with van der Waals surface area (Å²) < 4.78 is 1.79. The van der Waals surface area contributed by atoms with Crippen LogP contribution in [0.1, 0.15) is 36.3 Å². The quantitative estimate of drug-likeness (QED) is 0.752. The molecule has 1 aliphatic rings. The molecule has 26 heavy (non-hydrogen) atoms. The van der Waals surface area contributed by atoms with E-state index in [1.54, 1.807) is 34.6 Å². The van der Waals surface area contributed by atoms with Gasteiger partial charge in [-0.2, -0.15) is 5.10 Å². The van der Waals surface area contributed by atoms with E-state index in [4.69, 9.17) is 0 Å².